The number of rotatable bonds is 6. The van der Waals surface area contributed by atoms with Gasteiger partial charge in [0.25, 0.3) is 5.91 Å². The van der Waals surface area contributed by atoms with Crippen molar-refractivity contribution in [3.05, 3.63) is 44.9 Å². The number of hydrogen-bond donors (Lipinski definition) is 1. The van der Waals surface area contributed by atoms with E-state index in [1.54, 1.807) is 11.3 Å². The topological polar surface area (TPSA) is 63.6 Å². The Morgan fingerprint density at radius 2 is 2.08 bits per heavy atom. The molecule has 24 heavy (non-hydrogen) atoms. The molecule has 1 aromatic carbocycles. The Morgan fingerprint density at radius 1 is 1.33 bits per heavy atom. The van der Waals surface area contributed by atoms with Crippen LogP contribution >= 0.6 is 11.3 Å². The van der Waals surface area contributed by atoms with Crippen LogP contribution in [-0.4, -0.2) is 23.2 Å². The van der Waals surface area contributed by atoms with Crippen LogP contribution < -0.4 is 5.32 Å². The Bertz CT molecular complexity index is 766. The summed E-state index contributed by atoms with van der Waals surface area (Å²) in [6, 6.07) is 5.99. The van der Waals surface area contributed by atoms with Gasteiger partial charge in [-0.3, -0.25) is 4.79 Å². The van der Waals surface area contributed by atoms with Gasteiger partial charge in [0.2, 0.25) is 0 Å². The summed E-state index contributed by atoms with van der Waals surface area (Å²) in [4.78, 5) is 22.7. The third-order valence-electron chi connectivity index (χ3n) is 3.63. The maximum absolute atomic E-state index is 12.1. The Hall–Kier alpha value is -2.21. The van der Waals surface area contributed by atoms with Crippen LogP contribution in [0.4, 0.5) is 5.69 Å². The van der Waals surface area contributed by atoms with E-state index in [4.69, 9.17) is 4.84 Å². The third kappa shape index (κ3) is 4.41. The van der Waals surface area contributed by atoms with Crippen LogP contribution in [-0.2, 0) is 16.1 Å². The lowest BCUT2D eigenvalue weighted by Crippen LogP contribution is -2.19. The van der Waals surface area contributed by atoms with Crippen molar-refractivity contribution < 1.29 is 9.63 Å². The molecule has 1 aromatic heterocycles. The van der Waals surface area contributed by atoms with Gasteiger partial charge in [-0.15, -0.1) is 11.3 Å². The largest absolute Gasteiger partial charge is 0.385 e. The first kappa shape index (κ1) is 18.1. The normalized spacial score (nSPS) is 11.5. The average Bonchev–Trinajstić information content (AvgIpc) is 2.88. The van der Waals surface area contributed by atoms with E-state index in [9.17, 15) is 4.79 Å². The molecule has 0 aliphatic carbocycles. The number of hydrogen-bond acceptors (Lipinski definition) is 5. The van der Waals surface area contributed by atoms with Crippen LogP contribution in [0.1, 0.15) is 40.6 Å². The van der Waals surface area contributed by atoms with Gasteiger partial charge in [-0.05, 0) is 45.2 Å². The summed E-state index contributed by atoms with van der Waals surface area (Å²) < 4.78 is 0. The second kappa shape index (κ2) is 8.06. The number of nitrogens with zero attached hydrogens (tertiary/aromatic N) is 2. The van der Waals surface area contributed by atoms with Crippen molar-refractivity contribution in [2.45, 2.75) is 41.0 Å². The number of nitrogens with one attached hydrogen (secondary N) is 1. The molecule has 0 radical (unpaired) electrons. The number of para-hydroxylation sites is 1. The van der Waals surface area contributed by atoms with E-state index in [0.717, 1.165) is 44.5 Å². The third-order valence-corrected chi connectivity index (χ3v) is 4.82. The Morgan fingerprint density at radius 3 is 2.71 bits per heavy atom. The number of aromatic nitrogens is 1. The highest BCUT2D eigenvalue weighted by molar-refractivity contribution is 7.13. The van der Waals surface area contributed by atoms with Gasteiger partial charge in [-0.25, -0.2) is 4.98 Å². The van der Waals surface area contributed by atoms with E-state index in [1.807, 2.05) is 45.9 Å². The molecule has 0 saturated heterocycles. The van der Waals surface area contributed by atoms with Gasteiger partial charge >= 0.3 is 0 Å². The van der Waals surface area contributed by atoms with Gasteiger partial charge in [0, 0.05) is 5.69 Å². The Kier molecular flexibility index (Phi) is 6.09. The molecule has 2 aromatic rings. The molecular formula is C18H23N3O2S. The Balaban J connectivity index is 1.97. The van der Waals surface area contributed by atoms with Crippen molar-refractivity contribution in [1.82, 2.24) is 4.98 Å². The molecule has 0 aliphatic heterocycles. The van der Waals surface area contributed by atoms with Crippen LogP contribution in [0.2, 0.25) is 0 Å². The average molecular weight is 345 g/mol. The van der Waals surface area contributed by atoms with Crippen LogP contribution in [0, 0.1) is 20.8 Å². The molecule has 0 atom stereocenters. The second-order valence-corrected chi connectivity index (χ2v) is 6.81. The SMILES string of the molecule is CCc1cccc(C)c1NC(=O)CO/N=C(\C)c1sc(C)nc1C. The van der Waals surface area contributed by atoms with E-state index in [2.05, 4.69) is 22.4 Å². The van der Waals surface area contributed by atoms with Gasteiger partial charge in [-0.1, -0.05) is 30.3 Å². The first-order chi connectivity index (χ1) is 11.4. The highest BCUT2D eigenvalue weighted by atomic mass is 32.1. The van der Waals surface area contributed by atoms with Gasteiger partial charge < -0.3 is 10.2 Å². The van der Waals surface area contributed by atoms with Crippen LogP contribution in [0.25, 0.3) is 0 Å². The van der Waals surface area contributed by atoms with E-state index in [-0.39, 0.29) is 12.5 Å². The summed E-state index contributed by atoms with van der Waals surface area (Å²) in [5, 5.41) is 7.94. The molecule has 6 heteroatoms. The monoisotopic (exact) mass is 345 g/mol. The summed E-state index contributed by atoms with van der Waals surface area (Å²) in [6.45, 7) is 9.67. The summed E-state index contributed by atoms with van der Waals surface area (Å²) in [6.07, 6.45) is 0.861. The van der Waals surface area contributed by atoms with Crippen LogP contribution in [0.15, 0.2) is 23.4 Å². The number of carbonyl (C=O) groups excluding carboxylic acids is 1. The maximum Gasteiger partial charge on any atom is 0.265 e. The first-order valence-electron chi connectivity index (χ1n) is 7.91. The number of anilines is 1. The van der Waals surface area contributed by atoms with Crippen LogP contribution in [0.5, 0.6) is 0 Å². The summed E-state index contributed by atoms with van der Waals surface area (Å²) in [5.74, 6) is -0.215. The van der Waals surface area contributed by atoms with Gasteiger partial charge in [0.15, 0.2) is 6.61 Å². The quantitative estimate of drug-likeness (QED) is 0.635. The number of benzene rings is 1. The fraction of sp³-hybridized carbons (Fsp3) is 0.389. The predicted molar refractivity (Wildman–Crippen MR) is 98.9 cm³/mol. The summed E-state index contributed by atoms with van der Waals surface area (Å²) in [7, 11) is 0. The minimum Gasteiger partial charge on any atom is -0.385 e. The first-order valence-corrected chi connectivity index (χ1v) is 8.73. The van der Waals surface area contributed by atoms with E-state index >= 15 is 0 Å². The van der Waals surface area contributed by atoms with E-state index in [1.165, 1.54) is 0 Å². The van der Waals surface area contributed by atoms with Crippen molar-refractivity contribution in [3.63, 3.8) is 0 Å². The van der Waals surface area contributed by atoms with Crippen molar-refractivity contribution in [2.24, 2.45) is 5.16 Å². The number of oxime groups is 1. The molecule has 0 aliphatic rings. The fourth-order valence-corrected chi connectivity index (χ4v) is 3.33. The zero-order chi connectivity index (χ0) is 17.7. The van der Waals surface area contributed by atoms with Gasteiger partial charge in [0.05, 0.1) is 21.3 Å². The number of aryl methyl sites for hydroxylation is 4. The molecule has 2 rings (SSSR count). The Labute approximate surface area is 146 Å². The zero-order valence-electron chi connectivity index (χ0n) is 14.8. The number of thiazole rings is 1. The minimum absolute atomic E-state index is 0.119. The van der Waals surface area contributed by atoms with Crippen molar-refractivity contribution in [3.8, 4) is 0 Å². The smallest absolute Gasteiger partial charge is 0.265 e. The summed E-state index contributed by atoms with van der Waals surface area (Å²) >= 11 is 1.57. The van der Waals surface area contributed by atoms with Crippen molar-refractivity contribution >= 4 is 28.6 Å². The molecule has 128 valence electrons. The molecule has 0 fully saturated rings. The van der Waals surface area contributed by atoms with Crippen LogP contribution in [0.3, 0.4) is 0 Å². The van der Waals surface area contributed by atoms with E-state index in [0.29, 0.717) is 0 Å². The predicted octanol–water partition coefficient (Wildman–Crippen LogP) is 4.01. The van der Waals surface area contributed by atoms with E-state index < -0.39 is 0 Å². The minimum atomic E-state index is -0.215. The zero-order valence-corrected chi connectivity index (χ0v) is 15.6. The van der Waals surface area contributed by atoms with Crippen molar-refractivity contribution in [1.29, 1.82) is 0 Å². The molecule has 5 nitrogen and oxygen atoms in total. The highest BCUT2D eigenvalue weighted by Gasteiger charge is 2.11. The molecule has 1 heterocycles. The molecule has 0 spiro atoms. The van der Waals surface area contributed by atoms with Crippen molar-refractivity contribution in [2.75, 3.05) is 11.9 Å². The summed E-state index contributed by atoms with van der Waals surface area (Å²) in [5.41, 5.74) is 4.68. The number of amides is 1. The molecule has 0 saturated carbocycles. The molecule has 0 bridgehead atoms. The lowest BCUT2D eigenvalue weighted by Gasteiger charge is -2.12. The fourth-order valence-electron chi connectivity index (χ4n) is 2.47. The molecule has 1 amide bonds. The lowest BCUT2D eigenvalue weighted by atomic mass is 10.1. The lowest BCUT2D eigenvalue weighted by molar-refractivity contribution is -0.120. The molecule has 0 unspecified atom stereocenters. The second-order valence-electron chi connectivity index (χ2n) is 5.61. The molecule has 1 N–H and O–H groups in total. The van der Waals surface area contributed by atoms with Gasteiger partial charge in [0.1, 0.15) is 0 Å². The maximum atomic E-state index is 12.1. The van der Waals surface area contributed by atoms with Gasteiger partial charge in [-0.2, -0.15) is 0 Å². The molecular weight excluding hydrogens is 322 g/mol. The highest BCUT2D eigenvalue weighted by Crippen LogP contribution is 2.21. The number of carbonyl (C=O) groups is 1. The standard InChI is InChI=1S/C18H23N3O2S/c1-6-15-9-7-8-11(2)17(15)20-16(22)10-23-21-13(4)18-12(3)19-14(5)24-18/h7-9H,6,10H2,1-5H3,(H,20,22)/b21-13+.